The molecule has 1 aliphatic heterocycles. The first-order valence-electron chi connectivity index (χ1n) is 7.70. The molecule has 0 aliphatic carbocycles. The van der Waals surface area contributed by atoms with E-state index < -0.39 is 5.97 Å². The summed E-state index contributed by atoms with van der Waals surface area (Å²) in [4.78, 5) is 27.5. The molecule has 1 aliphatic rings. The number of carbonyl (C=O) groups excluding carboxylic acids is 2. The van der Waals surface area contributed by atoms with Gasteiger partial charge < -0.3 is 14.8 Å². The number of anilines is 1. The summed E-state index contributed by atoms with van der Waals surface area (Å²) in [5, 5.41) is 2.67. The Balaban J connectivity index is 1.89. The maximum Gasteiger partial charge on any atom is 0.363 e. The van der Waals surface area contributed by atoms with Crippen molar-refractivity contribution < 1.29 is 19.1 Å². The van der Waals surface area contributed by atoms with Gasteiger partial charge in [0.1, 0.15) is 5.75 Å². The van der Waals surface area contributed by atoms with Crippen LogP contribution in [0.1, 0.15) is 18.1 Å². The second kappa shape index (κ2) is 7.53. The predicted octanol–water partition coefficient (Wildman–Crippen LogP) is 3.76. The van der Waals surface area contributed by atoms with Crippen LogP contribution in [0.2, 0.25) is 0 Å². The minimum absolute atomic E-state index is 0.157. The summed E-state index contributed by atoms with van der Waals surface area (Å²) < 4.78 is 11.4. The average Bonchev–Trinajstić information content (AvgIpc) is 2.96. The maximum absolute atomic E-state index is 12.1. The van der Waals surface area contributed by atoms with Crippen molar-refractivity contribution in [1.82, 2.24) is 0 Å². The molecule has 7 heteroatoms. The Hall–Kier alpha value is -2.93. The molecule has 132 valence electrons. The lowest BCUT2D eigenvalue weighted by Gasteiger charge is -2.04. The number of ether oxygens (including phenoxy) is 2. The molecule has 0 saturated carbocycles. The van der Waals surface area contributed by atoms with Crippen LogP contribution in [0.5, 0.6) is 5.75 Å². The van der Waals surface area contributed by atoms with Crippen molar-refractivity contribution in [2.45, 2.75) is 6.92 Å². The van der Waals surface area contributed by atoms with Crippen LogP contribution in [0.3, 0.4) is 0 Å². The maximum atomic E-state index is 12.1. The van der Waals surface area contributed by atoms with Gasteiger partial charge >= 0.3 is 5.97 Å². The van der Waals surface area contributed by atoms with Crippen LogP contribution < -0.4 is 10.1 Å². The molecule has 0 radical (unpaired) electrons. The van der Waals surface area contributed by atoms with Gasteiger partial charge in [-0.2, -0.15) is 0 Å². The fraction of sp³-hybridized carbons (Fsp3) is 0.105. The summed E-state index contributed by atoms with van der Waals surface area (Å²) >= 11 is 3.40. The lowest BCUT2D eigenvalue weighted by atomic mass is 10.1. The normalized spacial score (nSPS) is 14.8. The SMILES string of the molecule is COc1ccc(Br)cc1/C=C1\N=C(c2ccc(NC(C)=O)cc2)OC1=O. The Morgan fingerprint density at radius 2 is 1.96 bits per heavy atom. The molecule has 1 N–H and O–H groups in total. The van der Waals surface area contributed by atoms with Gasteiger partial charge in [0.25, 0.3) is 0 Å². The summed E-state index contributed by atoms with van der Waals surface area (Å²) in [5.41, 5.74) is 2.18. The quantitative estimate of drug-likeness (QED) is 0.610. The molecule has 0 spiro atoms. The Bertz CT molecular complexity index is 933. The first kappa shape index (κ1) is 17.9. The summed E-state index contributed by atoms with van der Waals surface area (Å²) in [6, 6.07) is 12.3. The molecular weight excluding hydrogens is 400 g/mol. The lowest BCUT2D eigenvalue weighted by Crippen LogP contribution is -2.07. The van der Waals surface area contributed by atoms with Crippen molar-refractivity contribution in [3.05, 3.63) is 63.8 Å². The van der Waals surface area contributed by atoms with Gasteiger partial charge in [-0.3, -0.25) is 4.79 Å². The van der Waals surface area contributed by atoms with Gasteiger partial charge in [-0.05, 0) is 48.5 Å². The van der Waals surface area contributed by atoms with Crippen LogP contribution in [0.4, 0.5) is 5.69 Å². The fourth-order valence-corrected chi connectivity index (χ4v) is 2.78. The molecule has 6 nitrogen and oxygen atoms in total. The lowest BCUT2D eigenvalue weighted by molar-refractivity contribution is -0.129. The number of nitrogens with one attached hydrogen (secondary N) is 1. The second-order valence-corrected chi connectivity index (χ2v) is 6.40. The highest BCUT2D eigenvalue weighted by Crippen LogP contribution is 2.27. The number of carbonyl (C=O) groups is 2. The monoisotopic (exact) mass is 414 g/mol. The van der Waals surface area contributed by atoms with Crippen molar-refractivity contribution >= 4 is 45.5 Å². The van der Waals surface area contributed by atoms with Gasteiger partial charge in [-0.25, -0.2) is 9.79 Å². The van der Waals surface area contributed by atoms with Gasteiger partial charge in [0.15, 0.2) is 5.70 Å². The van der Waals surface area contributed by atoms with E-state index in [2.05, 4.69) is 26.2 Å². The number of hydrogen-bond acceptors (Lipinski definition) is 5. The first-order chi connectivity index (χ1) is 12.5. The van der Waals surface area contributed by atoms with Gasteiger partial charge in [-0.1, -0.05) is 15.9 Å². The number of methoxy groups -OCH3 is 1. The largest absolute Gasteiger partial charge is 0.496 e. The number of amides is 1. The number of halogens is 1. The Morgan fingerprint density at radius 3 is 2.62 bits per heavy atom. The second-order valence-electron chi connectivity index (χ2n) is 5.48. The number of benzene rings is 2. The smallest absolute Gasteiger partial charge is 0.363 e. The van der Waals surface area contributed by atoms with E-state index in [0.29, 0.717) is 22.6 Å². The highest BCUT2D eigenvalue weighted by Gasteiger charge is 2.24. The molecule has 1 heterocycles. The summed E-state index contributed by atoms with van der Waals surface area (Å²) in [6.45, 7) is 1.43. The Morgan fingerprint density at radius 1 is 1.23 bits per heavy atom. The van der Waals surface area contributed by atoms with Gasteiger partial charge in [0, 0.05) is 28.2 Å². The van der Waals surface area contributed by atoms with E-state index in [-0.39, 0.29) is 17.5 Å². The van der Waals surface area contributed by atoms with Crippen molar-refractivity contribution in [1.29, 1.82) is 0 Å². The number of esters is 1. The number of hydrogen-bond donors (Lipinski definition) is 1. The number of rotatable bonds is 4. The molecule has 26 heavy (non-hydrogen) atoms. The van der Waals surface area contributed by atoms with Crippen molar-refractivity contribution in [2.75, 3.05) is 12.4 Å². The molecule has 0 unspecified atom stereocenters. The Kier molecular flexibility index (Phi) is 5.18. The van der Waals surface area contributed by atoms with Crippen LogP contribution in [0.25, 0.3) is 6.08 Å². The van der Waals surface area contributed by atoms with Crippen LogP contribution in [0.15, 0.2) is 57.6 Å². The molecule has 0 aromatic heterocycles. The van der Waals surface area contributed by atoms with Crippen LogP contribution in [0, 0.1) is 0 Å². The molecule has 2 aromatic rings. The number of cyclic esters (lactones) is 1. The first-order valence-corrected chi connectivity index (χ1v) is 8.49. The number of nitrogens with zero attached hydrogens (tertiary/aromatic N) is 1. The fourth-order valence-electron chi connectivity index (χ4n) is 2.40. The van der Waals surface area contributed by atoms with Gasteiger partial charge in [0.2, 0.25) is 11.8 Å². The minimum Gasteiger partial charge on any atom is -0.496 e. The summed E-state index contributed by atoms with van der Waals surface area (Å²) in [5.74, 6) is 0.143. The molecular formula is C19H15BrN2O4. The van der Waals surface area contributed by atoms with Crippen molar-refractivity contribution in [3.63, 3.8) is 0 Å². The number of aliphatic imine (C=N–C) groups is 1. The highest BCUT2D eigenvalue weighted by atomic mass is 79.9. The highest BCUT2D eigenvalue weighted by molar-refractivity contribution is 9.10. The zero-order valence-corrected chi connectivity index (χ0v) is 15.7. The van der Waals surface area contributed by atoms with E-state index in [1.54, 1.807) is 43.5 Å². The van der Waals surface area contributed by atoms with E-state index in [9.17, 15) is 9.59 Å². The van der Waals surface area contributed by atoms with Crippen molar-refractivity contribution in [3.8, 4) is 5.75 Å². The molecule has 3 rings (SSSR count). The third-order valence-electron chi connectivity index (χ3n) is 3.56. The predicted molar refractivity (Wildman–Crippen MR) is 102 cm³/mol. The van der Waals surface area contributed by atoms with E-state index in [1.165, 1.54) is 6.92 Å². The van der Waals surface area contributed by atoms with Crippen molar-refractivity contribution in [2.24, 2.45) is 4.99 Å². The third kappa shape index (κ3) is 4.00. The standard InChI is InChI=1S/C19H15BrN2O4/c1-11(23)21-15-6-3-12(4-7-15)18-22-16(19(24)26-18)10-13-9-14(20)5-8-17(13)25-2/h3-10H,1-2H3,(H,21,23)/b16-10-. The minimum atomic E-state index is -0.534. The van der Waals surface area contributed by atoms with Gasteiger partial charge in [-0.15, -0.1) is 0 Å². The Labute approximate surface area is 158 Å². The molecule has 0 atom stereocenters. The van der Waals surface area contributed by atoms with E-state index in [1.807, 2.05) is 12.1 Å². The molecule has 0 saturated heterocycles. The zero-order chi connectivity index (χ0) is 18.7. The van der Waals surface area contributed by atoms with E-state index >= 15 is 0 Å². The summed E-state index contributed by atoms with van der Waals surface area (Å²) in [7, 11) is 1.56. The molecule has 0 fully saturated rings. The summed E-state index contributed by atoms with van der Waals surface area (Å²) in [6.07, 6.45) is 1.62. The van der Waals surface area contributed by atoms with Crippen LogP contribution >= 0.6 is 15.9 Å². The molecule has 0 bridgehead atoms. The topological polar surface area (TPSA) is 77.0 Å². The molecule has 2 aromatic carbocycles. The van der Waals surface area contributed by atoms with Gasteiger partial charge in [0.05, 0.1) is 7.11 Å². The molecule has 1 amide bonds. The van der Waals surface area contributed by atoms with E-state index in [0.717, 1.165) is 4.47 Å². The third-order valence-corrected chi connectivity index (χ3v) is 4.05. The van der Waals surface area contributed by atoms with Crippen LogP contribution in [-0.4, -0.2) is 24.9 Å². The van der Waals surface area contributed by atoms with E-state index in [4.69, 9.17) is 9.47 Å². The average molecular weight is 415 g/mol. The zero-order valence-electron chi connectivity index (χ0n) is 14.1. The van der Waals surface area contributed by atoms with Crippen LogP contribution in [-0.2, 0) is 14.3 Å².